The van der Waals surface area contributed by atoms with E-state index in [9.17, 15) is 15.2 Å². The molecule has 1 aromatic carbocycles. The van der Waals surface area contributed by atoms with Gasteiger partial charge in [-0.05, 0) is 44.2 Å². The molecule has 2 aliphatic rings. The minimum Gasteiger partial charge on any atom is -0.393 e. The van der Waals surface area contributed by atoms with Crippen LogP contribution in [0.4, 0.5) is 5.69 Å². The van der Waals surface area contributed by atoms with Crippen molar-refractivity contribution in [2.24, 2.45) is 5.92 Å². The van der Waals surface area contributed by atoms with Crippen LogP contribution in [-0.2, 0) is 4.79 Å². The largest absolute Gasteiger partial charge is 0.393 e. The van der Waals surface area contributed by atoms with Gasteiger partial charge in [0.2, 0.25) is 5.91 Å². The van der Waals surface area contributed by atoms with Gasteiger partial charge >= 0.3 is 0 Å². The van der Waals surface area contributed by atoms with Gasteiger partial charge in [0.15, 0.2) is 0 Å². The summed E-state index contributed by atoms with van der Waals surface area (Å²) in [7, 11) is 0. The molecule has 2 saturated heterocycles. The monoisotopic (exact) mass is 422 g/mol. The molecule has 8 nitrogen and oxygen atoms in total. The number of aromatic nitrogens is 2. The molecule has 0 bridgehead atoms. The molecule has 0 unspecified atom stereocenters. The van der Waals surface area contributed by atoms with Crippen molar-refractivity contribution in [2.45, 2.75) is 51.3 Å². The molecule has 164 valence electrons. The Morgan fingerprint density at radius 2 is 1.94 bits per heavy atom. The summed E-state index contributed by atoms with van der Waals surface area (Å²) in [5.74, 6) is 0.446. The van der Waals surface area contributed by atoms with Gasteiger partial charge in [0.05, 0.1) is 23.4 Å². The van der Waals surface area contributed by atoms with Crippen LogP contribution in [0.1, 0.15) is 38.7 Å². The summed E-state index contributed by atoms with van der Waals surface area (Å²) in [6.07, 6.45) is 5.38. The van der Waals surface area contributed by atoms with Crippen LogP contribution in [0.2, 0.25) is 0 Å². The summed E-state index contributed by atoms with van der Waals surface area (Å²) < 4.78 is 0. The number of piperidine rings is 2. The summed E-state index contributed by atoms with van der Waals surface area (Å²) in [6.45, 7) is 7.19. The standard InChI is InChI=1S/C23H30N6O2/c1-15-11-18(27-23(31)16(2)28-9-5-19(30)6-10-28)14-29(13-15)20-4-3-17(12-24)21-22(20)26-8-7-25-21/h3-4,7-8,15-16,18-19,30H,5-6,9-11,13-14H2,1-2H3,(H,27,31)/t15-,16-,18+/m0/s1. The van der Waals surface area contributed by atoms with E-state index in [0.29, 0.717) is 23.5 Å². The molecular weight excluding hydrogens is 392 g/mol. The van der Waals surface area contributed by atoms with Gasteiger partial charge in [0.1, 0.15) is 17.1 Å². The number of nitriles is 1. The normalized spacial score (nSPS) is 24.0. The van der Waals surface area contributed by atoms with Crippen molar-refractivity contribution >= 4 is 22.6 Å². The molecule has 4 rings (SSSR count). The first-order valence-corrected chi connectivity index (χ1v) is 11.1. The fourth-order valence-corrected chi connectivity index (χ4v) is 4.80. The number of rotatable bonds is 4. The fraction of sp³-hybridized carbons (Fsp3) is 0.565. The number of hydrogen-bond donors (Lipinski definition) is 2. The molecule has 3 heterocycles. The molecule has 31 heavy (non-hydrogen) atoms. The Morgan fingerprint density at radius 3 is 2.65 bits per heavy atom. The topological polar surface area (TPSA) is 105 Å². The Labute approximate surface area is 182 Å². The molecule has 2 aromatic rings. The smallest absolute Gasteiger partial charge is 0.237 e. The van der Waals surface area contributed by atoms with Crippen LogP contribution in [0.3, 0.4) is 0 Å². The Hall–Kier alpha value is -2.76. The number of carbonyl (C=O) groups is 1. The highest BCUT2D eigenvalue weighted by atomic mass is 16.3. The third-order valence-electron chi connectivity index (χ3n) is 6.50. The summed E-state index contributed by atoms with van der Waals surface area (Å²) in [5, 5.41) is 22.4. The van der Waals surface area contributed by atoms with Crippen molar-refractivity contribution in [3.63, 3.8) is 0 Å². The molecule has 2 aliphatic heterocycles. The van der Waals surface area contributed by atoms with Gasteiger partial charge in [-0.3, -0.25) is 19.7 Å². The molecule has 0 spiro atoms. The molecule has 1 amide bonds. The van der Waals surface area contributed by atoms with E-state index in [1.807, 2.05) is 13.0 Å². The van der Waals surface area contributed by atoms with E-state index < -0.39 is 0 Å². The number of aliphatic hydroxyl groups excluding tert-OH is 1. The van der Waals surface area contributed by atoms with E-state index in [0.717, 1.165) is 50.1 Å². The molecule has 0 aliphatic carbocycles. The third kappa shape index (κ3) is 4.63. The average Bonchev–Trinajstić information content (AvgIpc) is 2.78. The number of nitrogens with one attached hydrogen (secondary N) is 1. The van der Waals surface area contributed by atoms with Gasteiger partial charge in [-0.15, -0.1) is 0 Å². The van der Waals surface area contributed by atoms with Gasteiger partial charge in [-0.1, -0.05) is 6.92 Å². The second-order valence-electron chi connectivity index (χ2n) is 8.89. The number of carbonyl (C=O) groups excluding carboxylic acids is 1. The number of aliphatic hydroxyl groups is 1. The summed E-state index contributed by atoms with van der Waals surface area (Å²) in [5.41, 5.74) is 2.80. The number of anilines is 1. The summed E-state index contributed by atoms with van der Waals surface area (Å²) in [6, 6.07) is 5.76. The van der Waals surface area contributed by atoms with Crippen molar-refractivity contribution in [2.75, 3.05) is 31.1 Å². The lowest BCUT2D eigenvalue weighted by molar-refractivity contribution is -0.127. The van der Waals surface area contributed by atoms with Crippen LogP contribution in [0.25, 0.3) is 11.0 Å². The highest BCUT2D eigenvalue weighted by molar-refractivity contribution is 5.92. The Kier molecular flexibility index (Phi) is 6.35. The Morgan fingerprint density at radius 1 is 1.23 bits per heavy atom. The third-order valence-corrected chi connectivity index (χ3v) is 6.50. The van der Waals surface area contributed by atoms with E-state index in [-0.39, 0.29) is 24.1 Å². The van der Waals surface area contributed by atoms with Gasteiger partial charge in [0.25, 0.3) is 0 Å². The Balaban J connectivity index is 1.48. The van der Waals surface area contributed by atoms with E-state index >= 15 is 0 Å². The number of hydrogen-bond acceptors (Lipinski definition) is 7. The maximum atomic E-state index is 12.9. The van der Waals surface area contributed by atoms with Crippen LogP contribution < -0.4 is 10.2 Å². The van der Waals surface area contributed by atoms with Crippen LogP contribution in [0.5, 0.6) is 0 Å². The lowest BCUT2D eigenvalue weighted by atomic mass is 9.94. The molecular formula is C23H30N6O2. The zero-order valence-electron chi connectivity index (χ0n) is 18.2. The predicted molar refractivity (Wildman–Crippen MR) is 118 cm³/mol. The fourth-order valence-electron chi connectivity index (χ4n) is 4.80. The summed E-state index contributed by atoms with van der Waals surface area (Å²) >= 11 is 0. The molecule has 0 saturated carbocycles. The zero-order valence-corrected chi connectivity index (χ0v) is 18.2. The number of nitrogens with zero attached hydrogens (tertiary/aromatic N) is 5. The van der Waals surface area contributed by atoms with Gasteiger partial charge < -0.3 is 15.3 Å². The number of fused-ring (bicyclic) bond motifs is 1. The first-order valence-electron chi connectivity index (χ1n) is 11.1. The molecule has 2 fully saturated rings. The van der Waals surface area contributed by atoms with E-state index in [1.165, 1.54) is 0 Å². The van der Waals surface area contributed by atoms with Crippen molar-refractivity contribution in [1.29, 1.82) is 5.26 Å². The molecule has 0 radical (unpaired) electrons. The van der Waals surface area contributed by atoms with Crippen molar-refractivity contribution in [3.05, 3.63) is 30.1 Å². The van der Waals surface area contributed by atoms with Crippen LogP contribution in [0.15, 0.2) is 24.5 Å². The van der Waals surface area contributed by atoms with Crippen molar-refractivity contribution in [3.8, 4) is 6.07 Å². The maximum absolute atomic E-state index is 12.9. The van der Waals surface area contributed by atoms with Gasteiger partial charge in [-0.25, -0.2) is 0 Å². The molecule has 2 N–H and O–H groups in total. The quantitative estimate of drug-likeness (QED) is 0.772. The molecule has 1 aromatic heterocycles. The second kappa shape index (κ2) is 9.16. The highest BCUT2D eigenvalue weighted by Crippen LogP contribution is 2.30. The minimum absolute atomic E-state index is 0.0384. The SMILES string of the molecule is C[C@H]1C[C@@H](NC(=O)[C@H](C)N2CCC(O)CC2)CN(c2ccc(C#N)c3nccnc23)C1. The maximum Gasteiger partial charge on any atom is 0.237 e. The lowest BCUT2D eigenvalue weighted by Gasteiger charge is -2.40. The van der Waals surface area contributed by atoms with Gasteiger partial charge in [0, 0.05) is 44.6 Å². The van der Waals surface area contributed by atoms with Crippen molar-refractivity contribution in [1.82, 2.24) is 20.2 Å². The van der Waals surface area contributed by atoms with Crippen LogP contribution in [0, 0.1) is 17.2 Å². The molecule has 8 heteroatoms. The number of benzene rings is 1. The predicted octanol–water partition coefficient (Wildman–Crippen LogP) is 1.68. The Bertz CT molecular complexity index is 982. The number of amides is 1. The first kappa shape index (κ1) is 21.5. The van der Waals surface area contributed by atoms with Crippen LogP contribution >= 0.6 is 0 Å². The van der Waals surface area contributed by atoms with Crippen LogP contribution in [-0.4, -0.2) is 70.2 Å². The lowest BCUT2D eigenvalue weighted by Crippen LogP contribution is -2.55. The average molecular weight is 423 g/mol. The van der Waals surface area contributed by atoms with E-state index in [1.54, 1.807) is 18.5 Å². The molecule has 3 atom stereocenters. The van der Waals surface area contributed by atoms with Gasteiger partial charge in [-0.2, -0.15) is 5.26 Å². The number of likely N-dealkylation sites (tertiary alicyclic amines) is 1. The van der Waals surface area contributed by atoms with Crippen molar-refractivity contribution < 1.29 is 9.90 Å². The summed E-state index contributed by atoms with van der Waals surface area (Å²) in [4.78, 5) is 26.2. The van der Waals surface area contributed by atoms with E-state index in [2.05, 4.69) is 38.1 Å². The highest BCUT2D eigenvalue weighted by Gasteiger charge is 2.31. The minimum atomic E-state index is -0.246. The second-order valence-corrected chi connectivity index (χ2v) is 8.89. The first-order chi connectivity index (χ1) is 15.0. The van der Waals surface area contributed by atoms with E-state index in [4.69, 9.17) is 0 Å². The zero-order chi connectivity index (χ0) is 22.0.